The van der Waals surface area contributed by atoms with Gasteiger partial charge >= 0.3 is 0 Å². The van der Waals surface area contributed by atoms with Crippen LogP contribution < -0.4 is 0 Å². The molecule has 4 rings (SSSR count). The Hall–Kier alpha value is -3.36. The molecule has 2 unspecified atom stereocenters. The molecular weight excluding hydrogens is 422 g/mol. The molecule has 0 saturated carbocycles. The standard InChI is InChI=1S/C24H31N5O4/c1-16-7-9-27(11-18(16)21-25-23(3,4)14-32-21)20(13-29(30)31)28-10-8-17(2)19(12-28)22-26-24(5,6)15-33-22/h7-13,16-17H,14-15H2,1-6H3. The van der Waals surface area contributed by atoms with Crippen LogP contribution >= 0.6 is 0 Å². The lowest BCUT2D eigenvalue weighted by molar-refractivity contribution is -0.405. The van der Waals surface area contributed by atoms with Crippen LogP contribution in [0.25, 0.3) is 0 Å². The fourth-order valence-corrected chi connectivity index (χ4v) is 3.88. The smallest absolute Gasteiger partial charge is 0.275 e. The van der Waals surface area contributed by atoms with Gasteiger partial charge in [-0.1, -0.05) is 26.0 Å². The molecule has 4 heterocycles. The monoisotopic (exact) mass is 453 g/mol. The molecule has 0 radical (unpaired) electrons. The molecule has 0 aromatic carbocycles. The van der Waals surface area contributed by atoms with Gasteiger partial charge in [0.2, 0.25) is 11.8 Å². The van der Waals surface area contributed by atoms with Crippen molar-refractivity contribution in [3.8, 4) is 0 Å². The van der Waals surface area contributed by atoms with Crippen LogP contribution in [0.3, 0.4) is 0 Å². The fourth-order valence-electron chi connectivity index (χ4n) is 3.88. The Morgan fingerprint density at radius 1 is 0.970 bits per heavy atom. The average molecular weight is 454 g/mol. The minimum atomic E-state index is -0.451. The van der Waals surface area contributed by atoms with Gasteiger partial charge in [-0.05, 0) is 27.7 Å². The van der Waals surface area contributed by atoms with E-state index in [0.717, 1.165) is 17.3 Å². The Morgan fingerprint density at radius 3 is 1.73 bits per heavy atom. The lowest BCUT2D eigenvalue weighted by Gasteiger charge is -2.32. The predicted molar refractivity (Wildman–Crippen MR) is 126 cm³/mol. The first-order chi connectivity index (χ1) is 15.4. The molecule has 0 aromatic heterocycles. The van der Waals surface area contributed by atoms with E-state index in [-0.39, 0.29) is 22.9 Å². The van der Waals surface area contributed by atoms with E-state index in [1.807, 2.05) is 78.5 Å². The topological polar surface area (TPSA) is 92.8 Å². The molecule has 0 saturated heterocycles. The quantitative estimate of drug-likeness (QED) is 0.458. The maximum absolute atomic E-state index is 11.6. The molecule has 176 valence electrons. The van der Waals surface area contributed by atoms with Gasteiger partial charge < -0.3 is 19.3 Å². The molecule has 0 fully saturated rings. The lowest BCUT2D eigenvalue weighted by atomic mass is 9.98. The van der Waals surface area contributed by atoms with Crippen molar-refractivity contribution in [3.05, 3.63) is 70.2 Å². The van der Waals surface area contributed by atoms with Crippen molar-refractivity contribution in [1.82, 2.24) is 9.80 Å². The summed E-state index contributed by atoms with van der Waals surface area (Å²) in [5, 5.41) is 11.6. The number of ether oxygens (including phenoxy) is 2. The van der Waals surface area contributed by atoms with Crippen molar-refractivity contribution < 1.29 is 14.4 Å². The van der Waals surface area contributed by atoms with E-state index in [1.54, 1.807) is 9.80 Å². The Morgan fingerprint density at radius 2 is 1.39 bits per heavy atom. The lowest BCUT2D eigenvalue weighted by Crippen LogP contribution is -2.30. The van der Waals surface area contributed by atoms with E-state index in [2.05, 4.69) is 0 Å². The Kier molecular flexibility index (Phi) is 5.67. The van der Waals surface area contributed by atoms with Gasteiger partial charge in [-0.15, -0.1) is 0 Å². The number of nitro groups is 1. The highest BCUT2D eigenvalue weighted by molar-refractivity contribution is 5.96. The molecule has 0 amide bonds. The van der Waals surface area contributed by atoms with Crippen molar-refractivity contribution in [2.45, 2.75) is 52.6 Å². The second-order valence-corrected chi connectivity index (χ2v) is 10.1. The highest BCUT2D eigenvalue weighted by atomic mass is 16.6. The first-order valence-electron chi connectivity index (χ1n) is 11.1. The third-order valence-corrected chi connectivity index (χ3v) is 5.78. The Labute approximate surface area is 194 Å². The number of nitrogens with zero attached hydrogens (tertiary/aromatic N) is 5. The Balaban J connectivity index is 1.70. The third kappa shape index (κ3) is 4.86. The summed E-state index contributed by atoms with van der Waals surface area (Å²) in [6.07, 6.45) is 12.3. The predicted octanol–water partition coefficient (Wildman–Crippen LogP) is 4.18. The summed E-state index contributed by atoms with van der Waals surface area (Å²) in [6.45, 7) is 13.2. The summed E-state index contributed by atoms with van der Waals surface area (Å²) in [7, 11) is 0. The normalized spacial score (nSPS) is 27.2. The van der Waals surface area contributed by atoms with Crippen molar-refractivity contribution in [2.75, 3.05) is 13.2 Å². The number of hydrogen-bond donors (Lipinski definition) is 0. The molecule has 0 aliphatic carbocycles. The van der Waals surface area contributed by atoms with Crippen LogP contribution in [-0.4, -0.2) is 50.8 Å². The molecule has 0 N–H and O–H groups in total. The van der Waals surface area contributed by atoms with Gasteiger partial charge in [0.1, 0.15) is 13.2 Å². The highest BCUT2D eigenvalue weighted by Crippen LogP contribution is 2.32. The minimum absolute atomic E-state index is 0.0669. The van der Waals surface area contributed by atoms with Crippen molar-refractivity contribution in [3.63, 3.8) is 0 Å². The number of hydrogen-bond acceptors (Lipinski definition) is 8. The number of aliphatic imine (C=N–C) groups is 2. The summed E-state index contributed by atoms with van der Waals surface area (Å²) in [4.78, 5) is 23.9. The van der Waals surface area contributed by atoms with Crippen LogP contribution in [0.1, 0.15) is 41.5 Å². The van der Waals surface area contributed by atoms with Crippen LogP contribution in [0.15, 0.2) is 70.1 Å². The first kappa shape index (κ1) is 22.8. The molecule has 4 aliphatic rings. The SMILES string of the molecule is CC1C=CN(C(=C[N+](=O)[O-])N2C=CC(C)C(C3=NC(C)(C)CO3)=C2)C=C1C1=NC(C)(C)CO1. The number of allylic oxidation sites excluding steroid dienone is 2. The summed E-state index contributed by atoms with van der Waals surface area (Å²) in [6, 6.07) is 0. The van der Waals surface area contributed by atoms with Crippen LogP contribution in [0.5, 0.6) is 0 Å². The zero-order valence-electron chi connectivity index (χ0n) is 20.0. The van der Waals surface area contributed by atoms with Crippen LogP contribution in [0, 0.1) is 22.0 Å². The molecule has 0 bridgehead atoms. The zero-order valence-corrected chi connectivity index (χ0v) is 20.0. The molecule has 2 atom stereocenters. The van der Waals surface area contributed by atoms with Crippen molar-refractivity contribution in [2.24, 2.45) is 21.8 Å². The summed E-state index contributed by atoms with van der Waals surface area (Å²) >= 11 is 0. The Bertz CT molecular complexity index is 987. The molecule has 9 nitrogen and oxygen atoms in total. The van der Waals surface area contributed by atoms with E-state index < -0.39 is 4.92 Å². The van der Waals surface area contributed by atoms with Gasteiger partial charge in [-0.3, -0.25) is 10.1 Å². The fraction of sp³-hybridized carbons (Fsp3) is 0.500. The third-order valence-electron chi connectivity index (χ3n) is 5.78. The number of rotatable bonds is 5. The van der Waals surface area contributed by atoms with Gasteiger partial charge in [0.05, 0.1) is 16.0 Å². The van der Waals surface area contributed by atoms with Crippen molar-refractivity contribution in [1.29, 1.82) is 0 Å². The van der Waals surface area contributed by atoms with Crippen LogP contribution in [0.4, 0.5) is 0 Å². The summed E-state index contributed by atoms with van der Waals surface area (Å²) in [5.41, 5.74) is 1.17. The van der Waals surface area contributed by atoms with Gasteiger partial charge in [0.25, 0.3) is 6.20 Å². The molecule has 0 aromatic rings. The van der Waals surface area contributed by atoms with E-state index >= 15 is 0 Å². The van der Waals surface area contributed by atoms with Gasteiger partial charge in [0, 0.05) is 47.8 Å². The van der Waals surface area contributed by atoms with E-state index in [1.165, 1.54) is 0 Å². The molecule has 9 heteroatoms. The largest absolute Gasteiger partial charge is 0.475 e. The van der Waals surface area contributed by atoms with Crippen LogP contribution in [0.2, 0.25) is 0 Å². The van der Waals surface area contributed by atoms with Gasteiger partial charge in [-0.25, -0.2) is 9.98 Å². The molecule has 33 heavy (non-hydrogen) atoms. The van der Waals surface area contributed by atoms with E-state index in [9.17, 15) is 10.1 Å². The van der Waals surface area contributed by atoms with E-state index in [4.69, 9.17) is 19.5 Å². The maximum atomic E-state index is 11.6. The summed E-state index contributed by atoms with van der Waals surface area (Å²) in [5.74, 6) is 1.65. The van der Waals surface area contributed by atoms with Crippen molar-refractivity contribution >= 4 is 11.8 Å². The molecule has 0 spiro atoms. The van der Waals surface area contributed by atoms with E-state index in [0.29, 0.717) is 30.8 Å². The second kappa shape index (κ2) is 8.20. The maximum Gasteiger partial charge on any atom is 0.275 e. The van der Waals surface area contributed by atoms with Crippen LogP contribution in [-0.2, 0) is 9.47 Å². The summed E-state index contributed by atoms with van der Waals surface area (Å²) < 4.78 is 11.7. The zero-order chi connectivity index (χ0) is 24.0. The molecular formula is C24H31N5O4. The van der Waals surface area contributed by atoms with Gasteiger partial charge in [-0.2, -0.15) is 0 Å². The minimum Gasteiger partial charge on any atom is -0.475 e. The van der Waals surface area contributed by atoms with Gasteiger partial charge in [0.15, 0.2) is 5.82 Å². The molecule has 4 aliphatic heterocycles. The second-order valence-electron chi connectivity index (χ2n) is 10.1. The highest BCUT2D eigenvalue weighted by Gasteiger charge is 2.34. The first-order valence-corrected chi connectivity index (χ1v) is 11.1. The average Bonchev–Trinajstić information content (AvgIpc) is 3.28.